The predicted molar refractivity (Wildman–Crippen MR) is 107 cm³/mol. The molecule has 1 N–H and O–H groups in total. The molecule has 1 heterocycles. The molecule has 1 fully saturated rings. The summed E-state index contributed by atoms with van der Waals surface area (Å²) < 4.78 is 6.71. The first-order chi connectivity index (χ1) is 12.1. The number of halogens is 1. The van der Waals surface area contributed by atoms with Gasteiger partial charge in [-0.15, -0.1) is 0 Å². The topological polar surface area (TPSA) is 41.6 Å². The number of nitrogens with zero attached hydrogens (tertiary/aromatic N) is 1. The Morgan fingerprint density at radius 1 is 1.00 bits per heavy atom. The summed E-state index contributed by atoms with van der Waals surface area (Å²) in [7, 11) is 0. The van der Waals surface area contributed by atoms with Gasteiger partial charge in [0.1, 0.15) is 5.75 Å². The molecule has 130 valence electrons. The normalized spacial score (nSPS) is 14.0. The fourth-order valence-electron chi connectivity index (χ4n) is 2.65. The molecule has 0 aliphatic carbocycles. The Hall–Kier alpha value is -1.92. The van der Waals surface area contributed by atoms with Gasteiger partial charge >= 0.3 is 0 Å². The van der Waals surface area contributed by atoms with E-state index in [-0.39, 0.29) is 5.91 Å². The third kappa shape index (κ3) is 5.03. The van der Waals surface area contributed by atoms with Gasteiger partial charge in [0.05, 0.1) is 0 Å². The van der Waals surface area contributed by atoms with Gasteiger partial charge in [-0.2, -0.15) is 0 Å². The molecule has 0 radical (unpaired) electrons. The Labute approximate surface area is 161 Å². The maximum absolute atomic E-state index is 12.3. The van der Waals surface area contributed by atoms with Gasteiger partial charge in [-0.05, 0) is 80.0 Å². The highest BCUT2D eigenvalue weighted by Crippen LogP contribution is 2.18. The van der Waals surface area contributed by atoms with Crippen LogP contribution in [0.25, 0.3) is 0 Å². The van der Waals surface area contributed by atoms with Crippen molar-refractivity contribution < 1.29 is 9.53 Å². The number of hydrogen-bond donors (Lipinski definition) is 1. The number of carbonyl (C=O) groups excluding carboxylic acids is 1. The quantitative estimate of drug-likeness (QED) is 0.723. The van der Waals surface area contributed by atoms with Crippen molar-refractivity contribution in [1.29, 1.82) is 0 Å². The van der Waals surface area contributed by atoms with E-state index in [1.165, 1.54) is 6.42 Å². The minimum Gasteiger partial charge on any atom is -0.432 e. The van der Waals surface area contributed by atoms with Crippen LogP contribution in [0.3, 0.4) is 0 Å². The number of ether oxygens (including phenoxy) is 1. The van der Waals surface area contributed by atoms with Crippen LogP contribution in [-0.2, 0) is 0 Å². The number of thiocarbonyl (C=S) groups is 1. The number of piperidine rings is 1. The number of benzene rings is 2. The van der Waals surface area contributed by atoms with Crippen LogP contribution in [0.2, 0.25) is 0 Å². The lowest BCUT2D eigenvalue weighted by Gasteiger charge is -2.28. The lowest BCUT2D eigenvalue weighted by molar-refractivity contribution is 0.102. The van der Waals surface area contributed by atoms with Crippen LogP contribution in [0, 0.1) is 0 Å². The largest absolute Gasteiger partial charge is 0.432 e. The van der Waals surface area contributed by atoms with Gasteiger partial charge in [0.2, 0.25) is 0 Å². The van der Waals surface area contributed by atoms with Crippen LogP contribution in [0.15, 0.2) is 53.0 Å². The summed E-state index contributed by atoms with van der Waals surface area (Å²) >= 11 is 8.73. The van der Waals surface area contributed by atoms with Crippen molar-refractivity contribution in [2.45, 2.75) is 19.3 Å². The molecule has 4 nitrogen and oxygen atoms in total. The number of hydrogen-bond acceptors (Lipinski definition) is 3. The van der Waals surface area contributed by atoms with E-state index in [0.29, 0.717) is 16.5 Å². The van der Waals surface area contributed by atoms with Crippen LogP contribution in [0.4, 0.5) is 5.69 Å². The molecule has 0 saturated carbocycles. The first kappa shape index (κ1) is 17.9. The summed E-state index contributed by atoms with van der Waals surface area (Å²) in [6, 6.07) is 14.5. The van der Waals surface area contributed by atoms with E-state index in [1.54, 1.807) is 24.3 Å². The summed E-state index contributed by atoms with van der Waals surface area (Å²) in [4.78, 5) is 14.4. The molecule has 2 aromatic rings. The van der Waals surface area contributed by atoms with E-state index in [9.17, 15) is 4.79 Å². The van der Waals surface area contributed by atoms with Crippen molar-refractivity contribution in [2.24, 2.45) is 0 Å². The molecular weight excluding hydrogens is 400 g/mol. The Balaban J connectivity index is 1.58. The zero-order chi connectivity index (χ0) is 17.6. The van der Waals surface area contributed by atoms with Crippen molar-refractivity contribution in [3.05, 3.63) is 58.6 Å². The average Bonchev–Trinajstić information content (AvgIpc) is 2.65. The minimum atomic E-state index is -0.160. The zero-order valence-corrected chi connectivity index (χ0v) is 16.1. The van der Waals surface area contributed by atoms with Gasteiger partial charge in [0.25, 0.3) is 11.1 Å². The smallest absolute Gasteiger partial charge is 0.264 e. The van der Waals surface area contributed by atoms with E-state index >= 15 is 0 Å². The first-order valence-electron chi connectivity index (χ1n) is 8.25. The van der Waals surface area contributed by atoms with Crippen LogP contribution in [-0.4, -0.2) is 29.1 Å². The minimum absolute atomic E-state index is 0.160. The fraction of sp³-hybridized carbons (Fsp3) is 0.263. The number of carbonyl (C=O) groups is 1. The molecule has 3 rings (SSSR count). The predicted octanol–water partition coefficient (Wildman–Crippen LogP) is 4.85. The van der Waals surface area contributed by atoms with Gasteiger partial charge in [0.15, 0.2) is 0 Å². The van der Waals surface area contributed by atoms with Gasteiger partial charge in [-0.1, -0.05) is 15.9 Å². The fourth-order valence-corrected chi connectivity index (χ4v) is 3.20. The second kappa shape index (κ2) is 8.45. The van der Waals surface area contributed by atoms with Gasteiger partial charge in [0, 0.05) is 28.8 Å². The molecule has 0 atom stereocenters. The van der Waals surface area contributed by atoms with Crippen LogP contribution in [0.5, 0.6) is 5.75 Å². The maximum Gasteiger partial charge on any atom is 0.264 e. The molecule has 0 spiro atoms. The molecule has 0 unspecified atom stereocenters. The van der Waals surface area contributed by atoms with Crippen molar-refractivity contribution >= 4 is 44.9 Å². The molecule has 1 aliphatic heterocycles. The highest BCUT2D eigenvalue weighted by molar-refractivity contribution is 9.10. The van der Waals surface area contributed by atoms with Crippen molar-refractivity contribution in [1.82, 2.24) is 4.90 Å². The monoisotopic (exact) mass is 418 g/mol. The van der Waals surface area contributed by atoms with Crippen LogP contribution >= 0.6 is 28.1 Å². The summed E-state index contributed by atoms with van der Waals surface area (Å²) in [5, 5.41) is 3.37. The Morgan fingerprint density at radius 3 is 2.28 bits per heavy atom. The van der Waals surface area contributed by atoms with E-state index in [0.717, 1.165) is 36.1 Å². The average molecular weight is 419 g/mol. The number of anilines is 1. The molecule has 1 aliphatic rings. The molecule has 1 amide bonds. The van der Waals surface area contributed by atoms with Crippen molar-refractivity contribution in [3.8, 4) is 5.75 Å². The van der Waals surface area contributed by atoms with E-state index in [2.05, 4.69) is 26.1 Å². The number of nitrogens with one attached hydrogen (secondary N) is 1. The SMILES string of the molecule is O=C(Nc1ccc(Br)cc1)c1ccc(OC(=S)N2CCCCC2)cc1. The molecule has 6 heteroatoms. The van der Waals surface area contributed by atoms with Gasteiger partial charge < -0.3 is 15.0 Å². The van der Waals surface area contributed by atoms with Crippen molar-refractivity contribution in [3.63, 3.8) is 0 Å². The summed E-state index contributed by atoms with van der Waals surface area (Å²) in [6.07, 6.45) is 3.55. The van der Waals surface area contributed by atoms with Gasteiger partial charge in [-0.25, -0.2) is 0 Å². The van der Waals surface area contributed by atoms with E-state index in [4.69, 9.17) is 17.0 Å². The summed E-state index contributed by atoms with van der Waals surface area (Å²) in [5.74, 6) is 0.489. The number of likely N-dealkylation sites (tertiary alicyclic amines) is 1. The molecule has 1 saturated heterocycles. The summed E-state index contributed by atoms with van der Waals surface area (Å²) in [6.45, 7) is 1.90. The molecule has 2 aromatic carbocycles. The first-order valence-corrected chi connectivity index (χ1v) is 9.46. The molecule has 25 heavy (non-hydrogen) atoms. The van der Waals surface area contributed by atoms with Gasteiger partial charge in [-0.3, -0.25) is 4.79 Å². The second-order valence-corrected chi connectivity index (χ2v) is 7.17. The molecular formula is C19H19BrN2O2S. The highest BCUT2D eigenvalue weighted by Gasteiger charge is 2.15. The number of amides is 1. The zero-order valence-electron chi connectivity index (χ0n) is 13.7. The van der Waals surface area contributed by atoms with Crippen molar-refractivity contribution in [2.75, 3.05) is 18.4 Å². The molecule has 0 bridgehead atoms. The Morgan fingerprint density at radius 2 is 1.64 bits per heavy atom. The Kier molecular flexibility index (Phi) is 6.04. The maximum atomic E-state index is 12.3. The lowest BCUT2D eigenvalue weighted by atomic mass is 10.1. The Bertz CT molecular complexity index is 741. The standard InChI is InChI=1S/C19H19BrN2O2S/c20-15-6-8-16(9-7-15)21-18(23)14-4-10-17(11-5-14)24-19(25)22-12-2-1-3-13-22/h4-11H,1-3,12-13H2,(H,21,23). The third-order valence-corrected chi connectivity index (χ3v) is 4.91. The third-order valence-electron chi connectivity index (χ3n) is 4.04. The second-order valence-electron chi connectivity index (χ2n) is 5.90. The lowest BCUT2D eigenvalue weighted by Crippen LogP contribution is -2.37. The van der Waals surface area contributed by atoms with Crippen LogP contribution < -0.4 is 10.1 Å². The number of rotatable bonds is 3. The molecule has 0 aromatic heterocycles. The van der Waals surface area contributed by atoms with Crippen LogP contribution in [0.1, 0.15) is 29.6 Å². The highest BCUT2D eigenvalue weighted by atomic mass is 79.9. The van der Waals surface area contributed by atoms with E-state index in [1.807, 2.05) is 24.3 Å². The van der Waals surface area contributed by atoms with E-state index < -0.39 is 0 Å². The summed E-state index contributed by atoms with van der Waals surface area (Å²) in [5.41, 5.74) is 1.32.